The summed E-state index contributed by atoms with van der Waals surface area (Å²) < 4.78 is 0. The molecule has 0 radical (unpaired) electrons. The van der Waals surface area contributed by atoms with Gasteiger partial charge in [-0.1, -0.05) is 115 Å². The van der Waals surface area contributed by atoms with E-state index < -0.39 is 5.97 Å². The maximum absolute atomic E-state index is 13.4. The van der Waals surface area contributed by atoms with Crippen molar-refractivity contribution in [3.8, 4) is 0 Å². The third-order valence-electron chi connectivity index (χ3n) is 8.36. The van der Waals surface area contributed by atoms with E-state index in [-0.39, 0.29) is 18.2 Å². The van der Waals surface area contributed by atoms with Crippen LogP contribution in [0.15, 0.2) is 30.3 Å². The number of carbonyl (C=O) groups excluding carboxylic acids is 2. The number of carbonyl (C=O) groups is 3. The zero-order valence-corrected chi connectivity index (χ0v) is 25.4. The highest BCUT2D eigenvalue weighted by atomic mass is 16.4. The van der Waals surface area contributed by atoms with E-state index in [2.05, 4.69) is 12.2 Å². The molecule has 226 valence electrons. The van der Waals surface area contributed by atoms with Gasteiger partial charge in [-0.15, -0.1) is 0 Å². The molecule has 1 aliphatic rings. The number of rotatable bonds is 23. The van der Waals surface area contributed by atoms with Crippen LogP contribution in [0, 0.1) is 0 Å². The first kappa shape index (κ1) is 32.6. The number of imide groups is 1. The average molecular weight is 565 g/mol. The minimum Gasteiger partial charge on any atom is -0.481 e. The Balaban J connectivity index is 1.41. The number of hydrogen-bond acceptors (Lipinski definition) is 4. The Morgan fingerprint density at radius 1 is 0.683 bits per heavy atom. The number of nitrogens with zero attached hydrogens (tertiary/aromatic N) is 1. The molecule has 0 unspecified atom stereocenters. The molecule has 6 heteroatoms. The first-order valence-corrected chi connectivity index (χ1v) is 16.4. The van der Waals surface area contributed by atoms with E-state index in [4.69, 9.17) is 5.11 Å². The SMILES string of the molecule is CCCCCCCCCCCNc1ccc2c3c(cccc13)C(=O)N(CCCCCCCCCCCC(=O)O)C2=O. The highest BCUT2D eigenvalue weighted by Gasteiger charge is 2.32. The van der Waals surface area contributed by atoms with Crippen molar-refractivity contribution in [2.24, 2.45) is 0 Å². The highest BCUT2D eigenvalue weighted by Crippen LogP contribution is 2.34. The predicted octanol–water partition coefficient (Wildman–Crippen LogP) is 9.36. The zero-order valence-electron chi connectivity index (χ0n) is 25.4. The van der Waals surface area contributed by atoms with Gasteiger partial charge in [-0.25, -0.2) is 0 Å². The van der Waals surface area contributed by atoms with Crippen LogP contribution in [0.25, 0.3) is 10.8 Å². The van der Waals surface area contributed by atoms with Crippen molar-refractivity contribution in [1.29, 1.82) is 0 Å². The van der Waals surface area contributed by atoms with Crippen molar-refractivity contribution in [1.82, 2.24) is 4.90 Å². The van der Waals surface area contributed by atoms with Gasteiger partial charge in [-0.05, 0) is 37.5 Å². The summed E-state index contributed by atoms with van der Waals surface area (Å²) in [6.45, 7) is 3.61. The molecule has 0 spiro atoms. The van der Waals surface area contributed by atoms with Crippen molar-refractivity contribution in [2.75, 3.05) is 18.4 Å². The molecule has 41 heavy (non-hydrogen) atoms. The Morgan fingerprint density at radius 2 is 1.22 bits per heavy atom. The number of benzene rings is 2. The van der Waals surface area contributed by atoms with Crippen LogP contribution < -0.4 is 5.32 Å². The Bertz CT molecular complexity index is 1090. The van der Waals surface area contributed by atoms with Crippen LogP contribution in [0.3, 0.4) is 0 Å². The molecule has 0 aromatic heterocycles. The van der Waals surface area contributed by atoms with Crippen LogP contribution in [0.5, 0.6) is 0 Å². The fourth-order valence-corrected chi connectivity index (χ4v) is 5.95. The molecule has 2 aromatic carbocycles. The molecule has 2 aromatic rings. The van der Waals surface area contributed by atoms with Crippen molar-refractivity contribution in [3.63, 3.8) is 0 Å². The van der Waals surface area contributed by atoms with Crippen molar-refractivity contribution in [3.05, 3.63) is 41.5 Å². The second-order valence-corrected chi connectivity index (χ2v) is 11.7. The summed E-state index contributed by atoms with van der Waals surface area (Å²) >= 11 is 0. The normalized spacial score (nSPS) is 12.9. The third kappa shape index (κ3) is 10.5. The van der Waals surface area contributed by atoms with Crippen molar-refractivity contribution < 1.29 is 19.5 Å². The smallest absolute Gasteiger partial charge is 0.303 e. The van der Waals surface area contributed by atoms with E-state index in [1.165, 1.54) is 56.3 Å². The van der Waals surface area contributed by atoms with Crippen LogP contribution in [-0.2, 0) is 4.79 Å². The monoisotopic (exact) mass is 564 g/mol. The molecule has 2 amide bonds. The average Bonchev–Trinajstić information content (AvgIpc) is 2.97. The Labute approximate surface area is 247 Å². The lowest BCUT2D eigenvalue weighted by atomic mass is 9.92. The van der Waals surface area contributed by atoms with E-state index in [0.717, 1.165) is 87.2 Å². The fourth-order valence-electron chi connectivity index (χ4n) is 5.95. The molecular formula is C35H52N2O4. The minimum absolute atomic E-state index is 0.175. The topological polar surface area (TPSA) is 86.7 Å². The predicted molar refractivity (Wildman–Crippen MR) is 169 cm³/mol. The molecular weight excluding hydrogens is 512 g/mol. The van der Waals surface area contributed by atoms with Gasteiger partial charge in [0.15, 0.2) is 0 Å². The van der Waals surface area contributed by atoms with Crippen LogP contribution in [0.1, 0.15) is 150 Å². The molecule has 0 bridgehead atoms. The zero-order chi connectivity index (χ0) is 29.3. The van der Waals surface area contributed by atoms with Crippen LogP contribution in [0.2, 0.25) is 0 Å². The Hall–Kier alpha value is -2.89. The number of hydrogen-bond donors (Lipinski definition) is 2. The molecule has 6 nitrogen and oxygen atoms in total. The van der Waals surface area contributed by atoms with Crippen molar-refractivity contribution in [2.45, 2.75) is 129 Å². The van der Waals surface area contributed by atoms with Gasteiger partial charge < -0.3 is 10.4 Å². The molecule has 0 atom stereocenters. The van der Waals surface area contributed by atoms with E-state index in [9.17, 15) is 14.4 Å². The second kappa shape index (κ2) is 18.5. The third-order valence-corrected chi connectivity index (χ3v) is 8.36. The highest BCUT2D eigenvalue weighted by molar-refractivity contribution is 6.26. The number of unbranched alkanes of at least 4 members (excludes halogenated alkanes) is 16. The lowest BCUT2D eigenvalue weighted by Gasteiger charge is -2.28. The summed E-state index contributed by atoms with van der Waals surface area (Å²) in [5, 5.41) is 14.0. The lowest BCUT2D eigenvalue weighted by Crippen LogP contribution is -2.40. The first-order valence-electron chi connectivity index (χ1n) is 16.4. The number of aliphatic carboxylic acids is 1. The van der Waals surface area contributed by atoms with Crippen LogP contribution in [0.4, 0.5) is 5.69 Å². The van der Waals surface area contributed by atoms with E-state index in [1.807, 2.05) is 30.3 Å². The molecule has 0 saturated heterocycles. The quantitative estimate of drug-likeness (QED) is 0.104. The summed E-state index contributed by atoms with van der Waals surface area (Å²) in [5.74, 6) is -1.06. The van der Waals surface area contributed by atoms with E-state index in [1.54, 1.807) is 0 Å². The van der Waals surface area contributed by atoms with Gasteiger partial charge in [-0.2, -0.15) is 0 Å². The summed E-state index contributed by atoms with van der Waals surface area (Å²) in [7, 11) is 0. The van der Waals surface area contributed by atoms with Crippen molar-refractivity contribution >= 4 is 34.2 Å². The molecule has 1 aliphatic heterocycles. The lowest BCUT2D eigenvalue weighted by molar-refractivity contribution is -0.137. The summed E-state index contributed by atoms with van der Waals surface area (Å²) in [4.78, 5) is 38.7. The number of nitrogens with one attached hydrogen (secondary N) is 1. The Kier molecular flexibility index (Phi) is 14.7. The molecule has 3 rings (SSSR count). The fraction of sp³-hybridized carbons (Fsp3) is 0.629. The number of anilines is 1. The van der Waals surface area contributed by atoms with Gasteiger partial charge in [0.05, 0.1) is 0 Å². The van der Waals surface area contributed by atoms with Crippen LogP contribution >= 0.6 is 0 Å². The van der Waals surface area contributed by atoms with Gasteiger partial charge in [0.1, 0.15) is 0 Å². The van der Waals surface area contributed by atoms with Crippen LogP contribution in [-0.4, -0.2) is 40.9 Å². The van der Waals surface area contributed by atoms with E-state index >= 15 is 0 Å². The number of carboxylic acid groups (broad SMARTS) is 1. The largest absolute Gasteiger partial charge is 0.481 e. The maximum Gasteiger partial charge on any atom is 0.303 e. The van der Waals surface area contributed by atoms with E-state index in [0.29, 0.717) is 17.7 Å². The molecule has 0 saturated carbocycles. The molecule has 0 fully saturated rings. The summed E-state index contributed by atoms with van der Waals surface area (Å²) in [6.07, 6.45) is 21.1. The van der Waals surface area contributed by atoms with Gasteiger partial charge in [0, 0.05) is 47.1 Å². The summed E-state index contributed by atoms with van der Waals surface area (Å²) in [5.41, 5.74) is 2.26. The Morgan fingerprint density at radius 3 is 1.83 bits per heavy atom. The standard InChI is InChI=1S/C35H52N2O4/c1-2-3-4-5-6-9-12-15-18-26-36-31-25-24-30-33-28(31)21-20-22-29(33)34(40)37(35(30)41)27-19-16-13-10-7-8-11-14-17-23-32(38)39/h20-22,24-25,36H,2-19,23,26-27H2,1H3,(H,38,39). The molecule has 0 aliphatic carbocycles. The second-order valence-electron chi connectivity index (χ2n) is 11.7. The summed E-state index contributed by atoms with van der Waals surface area (Å²) in [6, 6.07) is 9.70. The van der Waals surface area contributed by atoms with Gasteiger partial charge in [0.25, 0.3) is 11.8 Å². The number of amides is 2. The molecule has 2 N–H and O–H groups in total. The molecule has 1 heterocycles. The minimum atomic E-state index is -0.711. The van der Waals surface area contributed by atoms with Gasteiger partial charge >= 0.3 is 5.97 Å². The maximum atomic E-state index is 13.4. The first-order chi connectivity index (χ1) is 20.0. The number of carboxylic acids is 1. The van der Waals surface area contributed by atoms with Gasteiger partial charge in [0.2, 0.25) is 0 Å². The van der Waals surface area contributed by atoms with Gasteiger partial charge in [-0.3, -0.25) is 19.3 Å².